The molecule has 0 saturated carbocycles. The van der Waals surface area contributed by atoms with E-state index in [1.807, 2.05) is 49.3 Å². The number of hydrogen-bond donors (Lipinski definition) is 2. The van der Waals surface area contributed by atoms with Gasteiger partial charge in [0.05, 0.1) is 19.0 Å². The van der Waals surface area contributed by atoms with Crippen LogP contribution in [0, 0.1) is 0 Å². The van der Waals surface area contributed by atoms with Crippen LogP contribution in [-0.4, -0.2) is 37.3 Å². The SMILES string of the molecule is COc1ccc(C(=O)Nc2ccc(Nc3cc(N(C)C)cnn3)cc2)cc1. The average Bonchev–Trinajstić information content (AvgIpc) is 2.69. The van der Waals surface area contributed by atoms with E-state index < -0.39 is 0 Å². The van der Waals surface area contributed by atoms with E-state index in [-0.39, 0.29) is 5.91 Å². The van der Waals surface area contributed by atoms with Crippen LogP contribution in [0.25, 0.3) is 0 Å². The molecule has 1 aromatic heterocycles. The highest BCUT2D eigenvalue weighted by Gasteiger charge is 2.07. The number of anilines is 4. The van der Waals surface area contributed by atoms with E-state index in [1.54, 1.807) is 37.6 Å². The van der Waals surface area contributed by atoms with Crippen molar-refractivity contribution >= 4 is 28.8 Å². The van der Waals surface area contributed by atoms with Crippen molar-refractivity contribution in [1.82, 2.24) is 10.2 Å². The molecule has 2 N–H and O–H groups in total. The molecule has 3 aromatic rings. The minimum absolute atomic E-state index is 0.178. The van der Waals surface area contributed by atoms with Crippen molar-refractivity contribution in [3.8, 4) is 5.75 Å². The van der Waals surface area contributed by atoms with Crippen LogP contribution in [0.2, 0.25) is 0 Å². The molecule has 0 aliphatic rings. The molecule has 0 radical (unpaired) electrons. The van der Waals surface area contributed by atoms with Gasteiger partial charge >= 0.3 is 0 Å². The van der Waals surface area contributed by atoms with Gasteiger partial charge in [-0.05, 0) is 48.5 Å². The lowest BCUT2D eigenvalue weighted by molar-refractivity contribution is 0.102. The lowest BCUT2D eigenvalue weighted by Gasteiger charge is -2.13. The van der Waals surface area contributed by atoms with E-state index >= 15 is 0 Å². The fraction of sp³-hybridized carbons (Fsp3) is 0.150. The summed E-state index contributed by atoms with van der Waals surface area (Å²) in [5.41, 5.74) is 3.07. The number of ether oxygens (including phenoxy) is 1. The van der Waals surface area contributed by atoms with E-state index in [0.29, 0.717) is 22.8 Å². The van der Waals surface area contributed by atoms with Crippen molar-refractivity contribution in [2.45, 2.75) is 0 Å². The van der Waals surface area contributed by atoms with Gasteiger partial charge in [0.1, 0.15) is 5.75 Å². The first-order chi connectivity index (χ1) is 13.0. The first-order valence-corrected chi connectivity index (χ1v) is 8.38. The summed E-state index contributed by atoms with van der Waals surface area (Å²) in [6.45, 7) is 0. The summed E-state index contributed by atoms with van der Waals surface area (Å²) in [5.74, 6) is 1.18. The molecule has 0 unspecified atom stereocenters. The van der Waals surface area contributed by atoms with Crippen LogP contribution in [0.15, 0.2) is 60.8 Å². The molecule has 2 aromatic carbocycles. The molecule has 1 amide bonds. The topological polar surface area (TPSA) is 79.4 Å². The van der Waals surface area contributed by atoms with E-state index in [0.717, 1.165) is 11.4 Å². The third-order valence-corrected chi connectivity index (χ3v) is 3.92. The number of rotatable bonds is 6. The van der Waals surface area contributed by atoms with Crippen LogP contribution >= 0.6 is 0 Å². The van der Waals surface area contributed by atoms with Crippen molar-refractivity contribution in [3.63, 3.8) is 0 Å². The van der Waals surface area contributed by atoms with Crippen molar-refractivity contribution in [2.24, 2.45) is 0 Å². The van der Waals surface area contributed by atoms with Crippen LogP contribution in [0.4, 0.5) is 22.9 Å². The number of hydrogen-bond acceptors (Lipinski definition) is 6. The number of aromatic nitrogens is 2. The zero-order chi connectivity index (χ0) is 19.2. The number of benzene rings is 2. The first-order valence-electron chi connectivity index (χ1n) is 8.38. The van der Waals surface area contributed by atoms with Gasteiger partial charge in [-0.25, -0.2) is 0 Å². The minimum Gasteiger partial charge on any atom is -0.497 e. The standard InChI is InChI=1S/C20H21N5O2/c1-25(2)17-12-19(24-21-13-17)22-15-6-8-16(9-7-15)23-20(26)14-4-10-18(27-3)11-5-14/h4-13H,1-3H3,(H,22,24)(H,23,26). The van der Waals surface area contributed by atoms with Crippen molar-refractivity contribution in [2.75, 3.05) is 36.7 Å². The molecular formula is C20H21N5O2. The Morgan fingerprint density at radius 1 is 1.00 bits per heavy atom. The second-order valence-electron chi connectivity index (χ2n) is 6.08. The van der Waals surface area contributed by atoms with Gasteiger partial charge < -0.3 is 20.3 Å². The van der Waals surface area contributed by atoms with Gasteiger partial charge in [0, 0.05) is 37.1 Å². The fourth-order valence-electron chi connectivity index (χ4n) is 2.39. The van der Waals surface area contributed by atoms with E-state index in [9.17, 15) is 4.79 Å². The number of carbonyl (C=O) groups is 1. The average molecular weight is 363 g/mol. The summed E-state index contributed by atoms with van der Waals surface area (Å²) < 4.78 is 5.10. The van der Waals surface area contributed by atoms with Gasteiger partial charge in [0.25, 0.3) is 5.91 Å². The molecule has 3 rings (SSSR count). The minimum atomic E-state index is -0.178. The summed E-state index contributed by atoms with van der Waals surface area (Å²) in [7, 11) is 5.48. The predicted octanol–water partition coefficient (Wildman–Crippen LogP) is 3.55. The Labute approximate surface area is 158 Å². The van der Waals surface area contributed by atoms with Gasteiger partial charge in [-0.2, -0.15) is 5.10 Å². The zero-order valence-corrected chi connectivity index (χ0v) is 15.4. The summed E-state index contributed by atoms with van der Waals surface area (Å²) >= 11 is 0. The molecule has 138 valence electrons. The molecule has 27 heavy (non-hydrogen) atoms. The number of methoxy groups -OCH3 is 1. The van der Waals surface area contributed by atoms with E-state index in [2.05, 4.69) is 20.8 Å². The first kappa shape index (κ1) is 18.2. The Morgan fingerprint density at radius 3 is 2.30 bits per heavy atom. The number of amides is 1. The van der Waals surface area contributed by atoms with Crippen LogP contribution in [0.5, 0.6) is 5.75 Å². The van der Waals surface area contributed by atoms with Crippen molar-refractivity contribution in [1.29, 1.82) is 0 Å². The highest BCUT2D eigenvalue weighted by Crippen LogP contribution is 2.20. The second kappa shape index (κ2) is 8.18. The Morgan fingerprint density at radius 2 is 1.67 bits per heavy atom. The van der Waals surface area contributed by atoms with Gasteiger partial charge in [-0.1, -0.05) is 0 Å². The number of nitrogens with one attached hydrogen (secondary N) is 2. The molecule has 7 heteroatoms. The van der Waals surface area contributed by atoms with Gasteiger partial charge in [-0.15, -0.1) is 5.10 Å². The van der Waals surface area contributed by atoms with Crippen molar-refractivity contribution < 1.29 is 9.53 Å². The quantitative estimate of drug-likeness (QED) is 0.697. The number of nitrogens with zero attached hydrogens (tertiary/aromatic N) is 3. The van der Waals surface area contributed by atoms with Crippen LogP contribution in [0.3, 0.4) is 0 Å². The maximum atomic E-state index is 12.3. The molecule has 0 aliphatic heterocycles. The third-order valence-electron chi connectivity index (χ3n) is 3.92. The molecule has 0 spiro atoms. The number of carbonyl (C=O) groups excluding carboxylic acids is 1. The van der Waals surface area contributed by atoms with Gasteiger partial charge in [0.15, 0.2) is 5.82 Å². The third kappa shape index (κ3) is 4.72. The van der Waals surface area contributed by atoms with E-state index in [4.69, 9.17) is 4.74 Å². The highest BCUT2D eigenvalue weighted by molar-refractivity contribution is 6.04. The molecule has 7 nitrogen and oxygen atoms in total. The molecule has 0 atom stereocenters. The zero-order valence-electron chi connectivity index (χ0n) is 15.4. The fourth-order valence-corrected chi connectivity index (χ4v) is 2.39. The lowest BCUT2D eigenvalue weighted by Crippen LogP contribution is -2.11. The summed E-state index contributed by atoms with van der Waals surface area (Å²) in [6.07, 6.45) is 1.70. The molecule has 0 bridgehead atoms. The molecule has 0 fully saturated rings. The summed E-state index contributed by atoms with van der Waals surface area (Å²) in [5, 5.41) is 14.1. The predicted molar refractivity (Wildman–Crippen MR) is 107 cm³/mol. The smallest absolute Gasteiger partial charge is 0.255 e. The maximum absolute atomic E-state index is 12.3. The Bertz CT molecular complexity index is 908. The molecule has 0 aliphatic carbocycles. The summed E-state index contributed by atoms with van der Waals surface area (Å²) in [4.78, 5) is 14.3. The van der Waals surface area contributed by atoms with Gasteiger partial charge in [-0.3, -0.25) is 4.79 Å². The summed E-state index contributed by atoms with van der Waals surface area (Å²) in [6, 6.07) is 16.3. The van der Waals surface area contributed by atoms with Crippen molar-refractivity contribution in [3.05, 3.63) is 66.4 Å². The second-order valence-corrected chi connectivity index (χ2v) is 6.08. The molecule has 1 heterocycles. The Kier molecular flexibility index (Phi) is 5.51. The molecule has 0 saturated heterocycles. The van der Waals surface area contributed by atoms with E-state index in [1.165, 1.54) is 0 Å². The highest BCUT2D eigenvalue weighted by atomic mass is 16.5. The molecular weight excluding hydrogens is 342 g/mol. The monoisotopic (exact) mass is 363 g/mol. The Hall–Kier alpha value is -3.61. The van der Waals surface area contributed by atoms with Crippen LogP contribution in [0.1, 0.15) is 10.4 Å². The van der Waals surface area contributed by atoms with Crippen LogP contribution < -0.4 is 20.3 Å². The van der Waals surface area contributed by atoms with Crippen LogP contribution in [-0.2, 0) is 0 Å². The van der Waals surface area contributed by atoms with Gasteiger partial charge in [0.2, 0.25) is 0 Å². The largest absolute Gasteiger partial charge is 0.497 e. The normalized spacial score (nSPS) is 10.2. The maximum Gasteiger partial charge on any atom is 0.255 e. The Balaban J connectivity index is 1.64. The lowest BCUT2D eigenvalue weighted by atomic mass is 10.2.